The third kappa shape index (κ3) is 3.58. The van der Waals surface area contributed by atoms with E-state index < -0.39 is 0 Å². The molecule has 0 aliphatic carbocycles. The first kappa shape index (κ1) is 17.2. The van der Waals surface area contributed by atoms with Crippen LogP contribution in [0.1, 0.15) is 36.5 Å². The molecule has 2 N–H and O–H groups in total. The molecule has 132 valence electrons. The number of fused-ring (bicyclic) bond motifs is 1. The molecule has 0 unspecified atom stereocenters. The quantitative estimate of drug-likeness (QED) is 0.813. The monoisotopic (exact) mass is 340 g/mol. The van der Waals surface area contributed by atoms with E-state index in [-0.39, 0.29) is 17.4 Å². The number of ether oxygens (including phenoxy) is 2. The zero-order valence-corrected chi connectivity index (χ0v) is 14.9. The maximum atomic E-state index is 10.9. The SMILES string of the molecule is COc1ccc([C@H]2COc3cc(O)ccc3C2)c(O)c1CC=C(C)C. The van der Waals surface area contributed by atoms with Gasteiger partial charge < -0.3 is 19.7 Å². The summed E-state index contributed by atoms with van der Waals surface area (Å²) >= 11 is 0. The molecule has 1 heterocycles. The molecule has 0 saturated heterocycles. The van der Waals surface area contributed by atoms with E-state index in [1.807, 2.05) is 32.0 Å². The lowest BCUT2D eigenvalue weighted by Crippen LogP contribution is -2.19. The van der Waals surface area contributed by atoms with Crippen molar-refractivity contribution in [2.45, 2.75) is 32.6 Å². The van der Waals surface area contributed by atoms with Gasteiger partial charge in [-0.2, -0.15) is 0 Å². The standard InChI is InChI=1S/C21H24O4/c1-13(2)4-7-18-19(24-3)9-8-17(21(18)23)15-10-14-5-6-16(22)11-20(14)25-12-15/h4-6,8-9,11,15,22-23H,7,10,12H2,1-3H3/t15-/m1/s1. The van der Waals surface area contributed by atoms with Crippen LogP contribution in [0.4, 0.5) is 0 Å². The fraction of sp³-hybridized carbons (Fsp3) is 0.333. The molecule has 0 aromatic heterocycles. The Morgan fingerprint density at radius 2 is 2.04 bits per heavy atom. The van der Waals surface area contributed by atoms with Gasteiger partial charge in [0, 0.05) is 23.1 Å². The van der Waals surface area contributed by atoms with E-state index in [1.54, 1.807) is 19.2 Å². The summed E-state index contributed by atoms with van der Waals surface area (Å²) < 4.78 is 11.2. The molecule has 0 saturated carbocycles. The van der Waals surface area contributed by atoms with Gasteiger partial charge >= 0.3 is 0 Å². The first-order chi connectivity index (χ1) is 12.0. The second-order valence-electron chi connectivity index (χ2n) is 6.67. The topological polar surface area (TPSA) is 58.9 Å². The Labute approximate surface area is 148 Å². The van der Waals surface area contributed by atoms with Crippen LogP contribution in [0.3, 0.4) is 0 Å². The average molecular weight is 340 g/mol. The highest BCUT2D eigenvalue weighted by Gasteiger charge is 2.26. The first-order valence-corrected chi connectivity index (χ1v) is 8.46. The van der Waals surface area contributed by atoms with Gasteiger partial charge in [-0.25, -0.2) is 0 Å². The molecule has 3 rings (SSSR count). The molecule has 0 radical (unpaired) electrons. The summed E-state index contributed by atoms with van der Waals surface area (Å²) in [6.45, 7) is 4.54. The van der Waals surface area contributed by atoms with E-state index in [2.05, 4.69) is 6.08 Å². The molecule has 1 aliphatic rings. The van der Waals surface area contributed by atoms with Gasteiger partial charge in [-0.1, -0.05) is 23.8 Å². The number of benzene rings is 2. The highest BCUT2D eigenvalue weighted by atomic mass is 16.5. The highest BCUT2D eigenvalue weighted by Crippen LogP contribution is 2.41. The van der Waals surface area contributed by atoms with Crippen LogP contribution in [-0.4, -0.2) is 23.9 Å². The third-order valence-corrected chi connectivity index (χ3v) is 4.60. The minimum absolute atomic E-state index is 0.0633. The second kappa shape index (κ2) is 7.09. The molecule has 0 spiro atoms. The molecular weight excluding hydrogens is 316 g/mol. The van der Waals surface area contributed by atoms with E-state index in [0.29, 0.717) is 24.5 Å². The summed E-state index contributed by atoms with van der Waals surface area (Å²) in [6, 6.07) is 9.01. The van der Waals surface area contributed by atoms with Gasteiger partial charge in [0.15, 0.2) is 0 Å². The van der Waals surface area contributed by atoms with E-state index >= 15 is 0 Å². The van der Waals surface area contributed by atoms with Crippen LogP contribution < -0.4 is 9.47 Å². The number of hydrogen-bond acceptors (Lipinski definition) is 4. The summed E-state index contributed by atoms with van der Waals surface area (Å²) in [7, 11) is 1.62. The Bertz CT molecular complexity index is 804. The Hall–Kier alpha value is -2.62. The van der Waals surface area contributed by atoms with Crippen molar-refractivity contribution >= 4 is 0 Å². The molecule has 4 nitrogen and oxygen atoms in total. The lowest BCUT2D eigenvalue weighted by molar-refractivity contribution is 0.258. The van der Waals surface area contributed by atoms with E-state index in [9.17, 15) is 10.2 Å². The molecule has 0 amide bonds. The van der Waals surface area contributed by atoms with Crippen molar-refractivity contribution in [2.24, 2.45) is 0 Å². The smallest absolute Gasteiger partial charge is 0.126 e. The first-order valence-electron chi connectivity index (χ1n) is 8.46. The van der Waals surface area contributed by atoms with Crippen LogP contribution in [0.2, 0.25) is 0 Å². The fourth-order valence-electron chi connectivity index (χ4n) is 3.22. The molecule has 0 bridgehead atoms. The summed E-state index contributed by atoms with van der Waals surface area (Å²) in [5.74, 6) is 1.96. The molecule has 1 atom stereocenters. The van der Waals surface area contributed by atoms with Gasteiger partial charge in [-0.05, 0) is 44.4 Å². The van der Waals surface area contributed by atoms with Gasteiger partial charge in [-0.15, -0.1) is 0 Å². The van der Waals surface area contributed by atoms with Crippen LogP contribution in [0.5, 0.6) is 23.0 Å². The lowest BCUT2D eigenvalue weighted by atomic mass is 9.88. The minimum atomic E-state index is 0.0633. The molecule has 4 heteroatoms. The second-order valence-corrected chi connectivity index (χ2v) is 6.67. The minimum Gasteiger partial charge on any atom is -0.508 e. The van der Waals surface area contributed by atoms with Crippen molar-refractivity contribution in [3.63, 3.8) is 0 Å². The average Bonchev–Trinajstić information content (AvgIpc) is 2.59. The summed E-state index contributed by atoms with van der Waals surface area (Å²) in [4.78, 5) is 0. The Morgan fingerprint density at radius 3 is 2.76 bits per heavy atom. The zero-order valence-electron chi connectivity index (χ0n) is 14.9. The predicted octanol–water partition coefficient (Wildman–Crippen LogP) is 4.33. The van der Waals surface area contributed by atoms with Gasteiger partial charge in [0.25, 0.3) is 0 Å². The van der Waals surface area contributed by atoms with Crippen molar-refractivity contribution < 1.29 is 19.7 Å². The Morgan fingerprint density at radius 1 is 1.24 bits per heavy atom. The van der Waals surface area contributed by atoms with Crippen molar-refractivity contribution in [3.8, 4) is 23.0 Å². The molecular formula is C21H24O4. The van der Waals surface area contributed by atoms with Crippen molar-refractivity contribution in [3.05, 3.63) is 58.7 Å². The number of phenolic OH excluding ortho intramolecular Hbond substituents is 2. The molecule has 0 fully saturated rings. The molecule has 2 aromatic rings. The van der Waals surface area contributed by atoms with Crippen LogP contribution in [0, 0.1) is 0 Å². The van der Waals surface area contributed by atoms with Gasteiger partial charge in [0.2, 0.25) is 0 Å². The number of rotatable bonds is 4. The number of aromatic hydroxyl groups is 2. The highest BCUT2D eigenvalue weighted by molar-refractivity contribution is 5.53. The van der Waals surface area contributed by atoms with Gasteiger partial charge in [0.05, 0.1) is 13.7 Å². The van der Waals surface area contributed by atoms with Crippen LogP contribution >= 0.6 is 0 Å². The van der Waals surface area contributed by atoms with Crippen molar-refractivity contribution in [2.75, 3.05) is 13.7 Å². The zero-order chi connectivity index (χ0) is 18.0. The van der Waals surface area contributed by atoms with Crippen molar-refractivity contribution in [1.82, 2.24) is 0 Å². The number of methoxy groups -OCH3 is 1. The number of phenols is 2. The Balaban J connectivity index is 1.94. The van der Waals surface area contributed by atoms with Gasteiger partial charge in [-0.3, -0.25) is 0 Å². The van der Waals surface area contributed by atoms with E-state index in [4.69, 9.17) is 9.47 Å². The van der Waals surface area contributed by atoms with Gasteiger partial charge in [0.1, 0.15) is 23.0 Å². The lowest BCUT2D eigenvalue weighted by Gasteiger charge is -2.27. The van der Waals surface area contributed by atoms with E-state index in [1.165, 1.54) is 5.57 Å². The number of hydrogen-bond donors (Lipinski definition) is 2. The van der Waals surface area contributed by atoms with Crippen LogP contribution in [0.25, 0.3) is 0 Å². The summed E-state index contributed by atoms with van der Waals surface area (Å²) in [5.41, 5.74) is 3.91. The van der Waals surface area contributed by atoms with Crippen LogP contribution in [0.15, 0.2) is 42.0 Å². The van der Waals surface area contributed by atoms with Crippen molar-refractivity contribution in [1.29, 1.82) is 0 Å². The maximum Gasteiger partial charge on any atom is 0.126 e. The van der Waals surface area contributed by atoms with Crippen LogP contribution in [-0.2, 0) is 12.8 Å². The maximum absolute atomic E-state index is 10.9. The fourth-order valence-corrected chi connectivity index (χ4v) is 3.22. The van der Waals surface area contributed by atoms with E-state index in [0.717, 1.165) is 23.1 Å². The largest absolute Gasteiger partial charge is 0.508 e. The molecule has 1 aliphatic heterocycles. The Kier molecular flexibility index (Phi) is 4.88. The predicted molar refractivity (Wildman–Crippen MR) is 97.8 cm³/mol. The molecule has 2 aromatic carbocycles. The third-order valence-electron chi connectivity index (χ3n) is 4.60. The molecule has 25 heavy (non-hydrogen) atoms. The number of allylic oxidation sites excluding steroid dienone is 2. The summed E-state index contributed by atoms with van der Waals surface area (Å²) in [6.07, 6.45) is 3.47. The normalized spacial score (nSPS) is 15.9. The summed E-state index contributed by atoms with van der Waals surface area (Å²) in [5, 5.41) is 20.4.